The van der Waals surface area contributed by atoms with Crippen molar-refractivity contribution < 1.29 is 23.1 Å². The zero-order valence-corrected chi connectivity index (χ0v) is 19.9. The smallest absolute Gasteiger partial charge is 0.404 e. The number of nitrogens with two attached hydrogens (primary N) is 1. The summed E-state index contributed by atoms with van der Waals surface area (Å²) in [5.74, 6) is 0.490. The molecule has 184 valence electrons. The maximum atomic E-state index is 13.2. The number of hydrogen-bond acceptors (Lipinski definition) is 5. The number of para-hydroxylation sites is 1. The number of amides is 2. The van der Waals surface area contributed by atoms with Crippen molar-refractivity contribution in [3.05, 3.63) is 60.2 Å². The third kappa shape index (κ3) is 6.14. The zero-order valence-electron chi connectivity index (χ0n) is 19.1. The van der Waals surface area contributed by atoms with Gasteiger partial charge in [-0.3, -0.25) is 4.79 Å². The van der Waals surface area contributed by atoms with Crippen molar-refractivity contribution in [2.24, 2.45) is 17.0 Å². The summed E-state index contributed by atoms with van der Waals surface area (Å²) < 4.78 is 23.1. The lowest BCUT2D eigenvalue weighted by atomic mass is 9.82. The van der Waals surface area contributed by atoms with Gasteiger partial charge in [0.25, 0.3) is 5.91 Å². The second-order valence-corrected chi connectivity index (χ2v) is 10.5. The van der Waals surface area contributed by atoms with E-state index in [9.17, 15) is 18.0 Å². The fourth-order valence-corrected chi connectivity index (χ4v) is 5.05. The minimum atomic E-state index is -3.80. The predicted molar refractivity (Wildman–Crippen MR) is 132 cm³/mol. The predicted octanol–water partition coefficient (Wildman–Crippen LogP) is 3.35. The summed E-state index contributed by atoms with van der Waals surface area (Å²) in [5.41, 5.74) is 2.39. The zero-order chi connectivity index (χ0) is 25.0. The van der Waals surface area contributed by atoms with Crippen LogP contribution in [0.1, 0.15) is 36.0 Å². The molecule has 0 saturated heterocycles. The van der Waals surface area contributed by atoms with E-state index in [4.69, 9.17) is 10.2 Å². The van der Waals surface area contributed by atoms with E-state index in [0.29, 0.717) is 47.3 Å². The normalized spacial score (nSPS) is 18.2. The van der Waals surface area contributed by atoms with Crippen molar-refractivity contribution >= 4 is 32.9 Å². The van der Waals surface area contributed by atoms with Gasteiger partial charge in [-0.1, -0.05) is 30.3 Å². The van der Waals surface area contributed by atoms with E-state index in [0.717, 1.165) is 31.1 Å². The molecule has 1 saturated carbocycles. The highest BCUT2D eigenvalue weighted by atomic mass is 32.2. The molecule has 0 aliphatic heterocycles. The number of aromatic nitrogens is 1. The molecule has 0 unspecified atom stereocenters. The maximum Gasteiger partial charge on any atom is 0.404 e. The highest BCUT2D eigenvalue weighted by Gasteiger charge is 2.23. The summed E-state index contributed by atoms with van der Waals surface area (Å²) in [4.78, 5) is 28.6. The van der Waals surface area contributed by atoms with Crippen LogP contribution in [0.15, 0.2) is 59.5 Å². The Morgan fingerprint density at radius 3 is 2.14 bits per heavy atom. The molecule has 2 aromatic carbocycles. The Hall–Kier alpha value is -3.50. The van der Waals surface area contributed by atoms with Crippen LogP contribution in [0.3, 0.4) is 0 Å². The van der Waals surface area contributed by atoms with Crippen LogP contribution >= 0.6 is 0 Å². The molecule has 0 spiro atoms. The number of carbonyl (C=O) groups is 2. The van der Waals surface area contributed by atoms with E-state index in [-0.39, 0.29) is 10.8 Å². The van der Waals surface area contributed by atoms with Gasteiger partial charge in [-0.15, -0.1) is 0 Å². The minimum absolute atomic E-state index is 0.00784. The lowest BCUT2D eigenvalue weighted by molar-refractivity contribution is 0.0942. The summed E-state index contributed by atoms with van der Waals surface area (Å²) >= 11 is 0. The lowest BCUT2D eigenvalue weighted by Crippen LogP contribution is -2.34. The topological polar surface area (TPSA) is 151 Å². The second-order valence-electron chi connectivity index (χ2n) is 8.92. The molecule has 1 aliphatic rings. The molecular weight excluding hydrogens is 468 g/mol. The molecule has 9 nitrogen and oxygen atoms in total. The van der Waals surface area contributed by atoms with Crippen molar-refractivity contribution in [1.82, 2.24) is 15.6 Å². The first-order valence-electron chi connectivity index (χ1n) is 11.5. The summed E-state index contributed by atoms with van der Waals surface area (Å²) in [5, 5.41) is 20.2. The van der Waals surface area contributed by atoms with Crippen LogP contribution < -0.4 is 15.8 Å². The largest absolute Gasteiger partial charge is 0.465 e. The van der Waals surface area contributed by atoms with Crippen LogP contribution in [0.5, 0.6) is 0 Å². The first-order chi connectivity index (χ1) is 16.7. The molecule has 1 fully saturated rings. The molecule has 3 aromatic rings. The Labute approximate surface area is 203 Å². The number of fused-ring (bicyclic) bond motifs is 1. The van der Waals surface area contributed by atoms with Crippen LogP contribution in [-0.4, -0.2) is 43.6 Å². The van der Waals surface area contributed by atoms with E-state index >= 15 is 0 Å². The quantitative estimate of drug-likeness (QED) is 0.394. The van der Waals surface area contributed by atoms with Gasteiger partial charge < -0.3 is 15.7 Å². The van der Waals surface area contributed by atoms with Crippen LogP contribution in [0, 0.1) is 11.8 Å². The van der Waals surface area contributed by atoms with Gasteiger partial charge in [0.15, 0.2) is 0 Å². The van der Waals surface area contributed by atoms with Gasteiger partial charge in [0.2, 0.25) is 10.0 Å². The summed E-state index contributed by atoms with van der Waals surface area (Å²) in [7, 11) is -3.80. The fourth-order valence-electron chi connectivity index (χ4n) is 4.53. The van der Waals surface area contributed by atoms with Crippen molar-refractivity contribution in [3.8, 4) is 11.3 Å². The molecule has 4 rings (SSSR count). The monoisotopic (exact) mass is 496 g/mol. The third-order valence-electron chi connectivity index (χ3n) is 6.50. The number of carboxylic acid groups (broad SMARTS) is 1. The van der Waals surface area contributed by atoms with Crippen LogP contribution in [0.25, 0.3) is 22.2 Å². The summed E-state index contributed by atoms with van der Waals surface area (Å²) in [6.07, 6.45) is 2.73. The number of sulfonamides is 1. The number of primary sulfonamides is 1. The standard InChI is InChI=1S/C25H28N4O5S/c26-35(33,34)19-11-9-18(10-12-19)23-13-21(20-3-1-2-4-22(20)29-23)24(30)27-14-16-5-7-17(8-6-16)15-28-25(31)32/h1-4,9-13,16-17,28H,5-8,14-15H2,(H,27,30)(H,31,32)(H2,26,33,34). The van der Waals surface area contributed by atoms with Gasteiger partial charge in [0, 0.05) is 24.0 Å². The molecule has 1 aliphatic carbocycles. The summed E-state index contributed by atoms with van der Waals surface area (Å²) in [6.45, 7) is 1.02. The first kappa shape index (κ1) is 24.6. The number of carbonyl (C=O) groups excluding carboxylic acids is 1. The lowest BCUT2D eigenvalue weighted by Gasteiger charge is -2.28. The van der Waals surface area contributed by atoms with Crippen molar-refractivity contribution in [1.29, 1.82) is 0 Å². The number of benzene rings is 2. The van der Waals surface area contributed by atoms with Gasteiger partial charge in [0.05, 0.1) is 21.7 Å². The Kier molecular flexibility index (Phi) is 7.32. The SMILES string of the molecule is NS(=O)(=O)c1ccc(-c2cc(C(=O)NCC3CCC(CNC(=O)O)CC3)c3ccccc3n2)cc1. The van der Waals surface area contributed by atoms with Gasteiger partial charge in [-0.2, -0.15) is 0 Å². The van der Waals surface area contributed by atoms with Crippen molar-refractivity contribution in [2.75, 3.05) is 13.1 Å². The first-order valence-corrected chi connectivity index (χ1v) is 13.0. The average Bonchev–Trinajstić information content (AvgIpc) is 2.85. The minimum Gasteiger partial charge on any atom is -0.465 e. The fraction of sp³-hybridized carbons (Fsp3) is 0.320. The van der Waals surface area contributed by atoms with Crippen LogP contribution in [-0.2, 0) is 10.0 Å². The second kappa shape index (κ2) is 10.4. The number of pyridine rings is 1. The molecule has 2 amide bonds. The van der Waals surface area contributed by atoms with E-state index in [1.165, 1.54) is 12.1 Å². The van der Waals surface area contributed by atoms with Crippen LogP contribution in [0.2, 0.25) is 0 Å². The molecule has 0 atom stereocenters. The van der Waals surface area contributed by atoms with Gasteiger partial charge in [-0.25, -0.2) is 23.3 Å². The van der Waals surface area contributed by atoms with Gasteiger partial charge >= 0.3 is 6.09 Å². The maximum absolute atomic E-state index is 13.2. The Bertz CT molecular complexity index is 1330. The molecule has 0 radical (unpaired) electrons. The molecule has 1 heterocycles. The van der Waals surface area contributed by atoms with Crippen molar-refractivity contribution in [3.63, 3.8) is 0 Å². The Morgan fingerprint density at radius 2 is 1.54 bits per heavy atom. The molecule has 5 N–H and O–H groups in total. The van der Waals surface area contributed by atoms with Gasteiger partial charge in [-0.05, 0) is 61.8 Å². The molecule has 0 bridgehead atoms. The van der Waals surface area contributed by atoms with E-state index in [1.54, 1.807) is 18.2 Å². The third-order valence-corrected chi connectivity index (χ3v) is 7.43. The highest BCUT2D eigenvalue weighted by molar-refractivity contribution is 7.89. The van der Waals surface area contributed by atoms with Crippen molar-refractivity contribution in [2.45, 2.75) is 30.6 Å². The van der Waals surface area contributed by atoms with E-state index in [1.807, 2.05) is 24.3 Å². The number of rotatable bonds is 7. The van der Waals surface area contributed by atoms with E-state index in [2.05, 4.69) is 15.6 Å². The van der Waals surface area contributed by atoms with Gasteiger partial charge in [0.1, 0.15) is 0 Å². The van der Waals surface area contributed by atoms with E-state index < -0.39 is 16.1 Å². The number of hydrogen-bond donors (Lipinski definition) is 4. The average molecular weight is 497 g/mol. The summed E-state index contributed by atoms with van der Waals surface area (Å²) in [6, 6.07) is 15.2. The Balaban J connectivity index is 1.48. The molecule has 35 heavy (non-hydrogen) atoms. The molecular formula is C25H28N4O5S. The Morgan fingerprint density at radius 1 is 0.943 bits per heavy atom. The van der Waals surface area contributed by atoms with Crippen LogP contribution in [0.4, 0.5) is 4.79 Å². The molecule has 1 aromatic heterocycles. The number of nitrogens with zero attached hydrogens (tertiary/aromatic N) is 1. The number of nitrogens with one attached hydrogen (secondary N) is 2. The molecule has 10 heteroatoms. The highest BCUT2D eigenvalue weighted by Crippen LogP contribution is 2.29.